The zero-order valence-corrected chi connectivity index (χ0v) is 9.13. The number of unbranched alkanes of at least 4 members (excludes halogenated alkanes) is 2. The summed E-state index contributed by atoms with van der Waals surface area (Å²) in [5.41, 5.74) is 0. The summed E-state index contributed by atoms with van der Waals surface area (Å²) in [6, 6.07) is 0. The fourth-order valence-electron chi connectivity index (χ4n) is 1.28. The summed E-state index contributed by atoms with van der Waals surface area (Å²) in [5.74, 6) is 0. The van der Waals surface area contributed by atoms with Gasteiger partial charge in [-0.3, -0.25) is 0 Å². The first-order valence-electron chi connectivity index (χ1n) is 5.64. The lowest BCUT2D eigenvalue weighted by molar-refractivity contribution is 0.153. The zero-order valence-electron chi connectivity index (χ0n) is 9.13. The third-order valence-electron chi connectivity index (χ3n) is 2.18. The monoisotopic (exact) mass is 184 g/mol. The minimum atomic E-state index is -0.0776. The Labute approximate surface area is 82.9 Å². The van der Waals surface area contributed by atoms with Crippen LogP contribution in [-0.4, -0.2) is 11.2 Å². The molecule has 0 saturated heterocycles. The van der Waals surface area contributed by atoms with Crippen LogP contribution in [0.5, 0.6) is 0 Å². The van der Waals surface area contributed by atoms with Crippen molar-refractivity contribution in [2.24, 2.45) is 0 Å². The summed E-state index contributed by atoms with van der Waals surface area (Å²) in [4.78, 5) is 0. The van der Waals surface area contributed by atoms with E-state index in [0.717, 1.165) is 25.7 Å². The van der Waals surface area contributed by atoms with Gasteiger partial charge in [0.15, 0.2) is 0 Å². The van der Waals surface area contributed by atoms with Crippen LogP contribution in [-0.2, 0) is 0 Å². The van der Waals surface area contributed by atoms with Crippen molar-refractivity contribution >= 4 is 0 Å². The van der Waals surface area contributed by atoms with E-state index < -0.39 is 0 Å². The third-order valence-corrected chi connectivity index (χ3v) is 2.18. The highest BCUT2D eigenvalue weighted by Crippen LogP contribution is 2.07. The van der Waals surface area contributed by atoms with E-state index in [1.54, 1.807) is 0 Å². The molecule has 1 atom stereocenters. The molecule has 0 aliphatic heterocycles. The minimum Gasteiger partial charge on any atom is -0.393 e. The molecule has 1 nitrogen and oxygen atoms in total. The van der Waals surface area contributed by atoms with E-state index in [2.05, 4.69) is 26.0 Å². The highest BCUT2D eigenvalue weighted by Gasteiger charge is 2.00. The molecule has 0 aromatic carbocycles. The molecule has 1 N–H and O–H groups in total. The Morgan fingerprint density at radius 3 is 2.31 bits per heavy atom. The summed E-state index contributed by atoms with van der Waals surface area (Å²) in [6.07, 6.45) is 12.0. The van der Waals surface area contributed by atoms with Crippen molar-refractivity contribution in [3.8, 4) is 0 Å². The molecule has 0 aromatic heterocycles. The Balaban J connectivity index is 3.20. The molecule has 1 unspecified atom stereocenters. The van der Waals surface area contributed by atoms with Crippen molar-refractivity contribution < 1.29 is 5.11 Å². The highest BCUT2D eigenvalue weighted by molar-refractivity contribution is 4.81. The van der Waals surface area contributed by atoms with Gasteiger partial charge in [-0.2, -0.15) is 0 Å². The Morgan fingerprint density at radius 1 is 1.00 bits per heavy atom. The van der Waals surface area contributed by atoms with Gasteiger partial charge in [-0.05, 0) is 25.7 Å². The van der Waals surface area contributed by atoms with Gasteiger partial charge in [0.05, 0.1) is 6.10 Å². The standard InChI is InChI=1S/C12H24O/c1-3-5-7-8-9-11-12(13)10-6-4-2/h7-8,12-13H,3-6,9-11H2,1-2H3. The molecule has 1 heteroatoms. The van der Waals surface area contributed by atoms with Crippen molar-refractivity contribution in [1.29, 1.82) is 0 Å². The quantitative estimate of drug-likeness (QED) is 0.571. The maximum absolute atomic E-state index is 9.50. The summed E-state index contributed by atoms with van der Waals surface area (Å²) in [5, 5.41) is 9.50. The van der Waals surface area contributed by atoms with Crippen LogP contribution in [0.3, 0.4) is 0 Å². The summed E-state index contributed by atoms with van der Waals surface area (Å²) >= 11 is 0. The van der Waals surface area contributed by atoms with Gasteiger partial charge in [0.2, 0.25) is 0 Å². The second-order valence-electron chi connectivity index (χ2n) is 3.63. The Bertz CT molecular complexity index is 118. The molecule has 0 aliphatic rings. The third kappa shape index (κ3) is 9.62. The van der Waals surface area contributed by atoms with Crippen molar-refractivity contribution in [1.82, 2.24) is 0 Å². The van der Waals surface area contributed by atoms with Gasteiger partial charge in [-0.1, -0.05) is 45.3 Å². The van der Waals surface area contributed by atoms with Gasteiger partial charge in [-0.15, -0.1) is 0 Å². The van der Waals surface area contributed by atoms with Crippen LogP contribution in [0.15, 0.2) is 12.2 Å². The average molecular weight is 184 g/mol. The lowest BCUT2D eigenvalue weighted by Crippen LogP contribution is -2.04. The smallest absolute Gasteiger partial charge is 0.0543 e. The molecule has 78 valence electrons. The Hall–Kier alpha value is -0.300. The van der Waals surface area contributed by atoms with Crippen LogP contribution < -0.4 is 0 Å². The fourth-order valence-corrected chi connectivity index (χ4v) is 1.28. The molecule has 0 fully saturated rings. The number of allylic oxidation sites excluding steroid dienone is 2. The largest absolute Gasteiger partial charge is 0.393 e. The van der Waals surface area contributed by atoms with Crippen molar-refractivity contribution in [2.45, 2.75) is 64.9 Å². The van der Waals surface area contributed by atoms with Gasteiger partial charge >= 0.3 is 0 Å². The topological polar surface area (TPSA) is 20.2 Å². The van der Waals surface area contributed by atoms with Crippen LogP contribution >= 0.6 is 0 Å². The van der Waals surface area contributed by atoms with Gasteiger partial charge in [0.1, 0.15) is 0 Å². The number of aliphatic hydroxyl groups is 1. The molecule has 0 heterocycles. The molecule has 0 saturated carbocycles. The fraction of sp³-hybridized carbons (Fsp3) is 0.833. The number of rotatable bonds is 8. The summed E-state index contributed by atoms with van der Waals surface area (Å²) in [7, 11) is 0. The molecule has 13 heavy (non-hydrogen) atoms. The van der Waals surface area contributed by atoms with Crippen LogP contribution in [0.25, 0.3) is 0 Å². The maximum Gasteiger partial charge on any atom is 0.0543 e. The van der Waals surface area contributed by atoms with Crippen LogP contribution in [0, 0.1) is 0 Å². The molecular formula is C12H24O. The second-order valence-corrected chi connectivity index (χ2v) is 3.63. The second kappa shape index (κ2) is 9.79. The molecule has 0 rings (SSSR count). The first-order valence-corrected chi connectivity index (χ1v) is 5.64. The van der Waals surface area contributed by atoms with Crippen molar-refractivity contribution in [2.75, 3.05) is 0 Å². The minimum absolute atomic E-state index is 0.0776. The van der Waals surface area contributed by atoms with E-state index in [-0.39, 0.29) is 6.10 Å². The van der Waals surface area contributed by atoms with E-state index in [1.165, 1.54) is 19.3 Å². The molecule has 0 amide bonds. The van der Waals surface area contributed by atoms with Gasteiger partial charge < -0.3 is 5.11 Å². The van der Waals surface area contributed by atoms with E-state index in [9.17, 15) is 5.11 Å². The molecular weight excluding hydrogens is 160 g/mol. The van der Waals surface area contributed by atoms with Gasteiger partial charge in [-0.25, -0.2) is 0 Å². The SMILES string of the molecule is CCCC=CCCC(O)CCCC. The first-order chi connectivity index (χ1) is 6.31. The maximum atomic E-state index is 9.50. The summed E-state index contributed by atoms with van der Waals surface area (Å²) < 4.78 is 0. The Kier molecular flexibility index (Phi) is 9.56. The first kappa shape index (κ1) is 12.7. The normalized spacial score (nSPS) is 13.8. The van der Waals surface area contributed by atoms with E-state index >= 15 is 0 Å². The van der Waals surface area contributed by atoms with E-state index in [1.807, 2.05) is 0 Å². The Morgan fingerprint density at radius 2 is 1.69 bits per heavy atom. The van der Waals surface area contributed by atoms with Crippen LogP contribution in [0.4, 0.5) is 0 Å². The number of hydrogen-bond acceptors (Lipinski definition) is 1. The summed E-state index contributed by atoms with van der Waals surface area (Å²) in [6.45, 7) is 4.34. The molecule has 0 bridgehead atoms. The lowest BCUT2D eigenvalue weighted by Gasteiger charge is -2.06. The molecule has 0 spiro atoms. The van der Waals surface area contributed by atoms with Crippen LogP contribution in [0.2, 0.25) is 0 Å². The van der Waals surface area contributed by atoms with Crippen molar-refractivity contribution in [3.63, 3.8) is 0 Å². The van der Waals surface area contributed by atoms with Crippen molar-refractivity contribution in [3.05, 3.63) is 12.2 Å². The molecule has 0 aliphatic carbocycles. The predicted molar refractivity (Wildman–Crippen MR) is 58.8 cm³/mol. The predicted octanol–water partition coefficient (Wildman–Crippen LogP) is 3.67. The lowest BCUT2D eigenvalue weighted by atomic mass is 10.1. The number of aliphatic hydroxyl groups excluding tert-OH is 1. The molecule has 0 radical (unpaired) electrons. The average Bonchev–Trinajstić information content (AvgIpc) is 2.14. The van der Waals surface area contributed by atoms with Crippen LogP contribution in [0.1, 0.15) is 58.8 Å². The van der Waals surface area contributed by atoms with Gasteiger partial charge in [0.25, 0.3) is 0 Å². The zero-order chi connectivity index (χ0) is 9.94. The molecule has 0 aromatic rings. The van der Waals surface area contributed by atoms with E-state index in [4.69, 9.17) is 0 Å². The van der Waals surface area contributed by atoms with Gasteiger partial charge in [0, 0.05) is 0 Å². The number of hydrogen-bond donors (Lipinski definition) is 1. The highest BCUT2D eigenvalue weighted by atomic mass is 16.3. The van der Waals surface area contributed by atoms with E-state index in [0.29, 0.717) is 0 Å².